The summed E-state index contributed by atoms with van der Waals surface area (Å²) in [5, 5.41) is 10.8. The molecule has 0 aliphatic carbocycles. The van der Waals surface area contributed by atoms with Gasteiger partial charge >= 0.3 is 0 Å². The highest BCUT2D eigenvalue weighted by Gasteiger charge is 2.19. The van der Waals surface area contributed by atoms with Crippen LogP contribution in [0.15, 0.2) is 43.5 Å². The minimum Gasteiger partial charge on any atom is -0.331 e. The smallest absolute Gasteiger partial charge is 0.288 e. The number of nitrogens with zero attached hydrogens (tertiary/aromatic N) is 2. The van der Waals surface area contributed by atoms with Gasteiger partial charge in [-0.1, -0.05) is 23.8 Å². The fraction of sp³-hybridized carbons (Fsp3) is 0.154. The fourth-order valence-corrected chi connectivity index (χ4v) is 1.71. The molecule has 0 spiro atoms. The van der Waals surface area contributed by atoms with Gasteiger partial charge in [-0.05, 0) is 12.1 Å². The first-order valence-corrected chi connectivity index (χ1v) is 5.84. The second-order valence-electron chi connectivity index (χ2n) is 3.71. The van der Waals surface area contributed by atoms with Crippen LogP contribution >= 0.6 is 11.6 Å². The topological polar surface area (TPSA) is 63.5 Å². The molecule has 5 nitrogen and oxygen atoms in total. The number of carbonyl (C=O) groups excluding carboxylic acids is 1. The first kappa shape index (κ1) is 14.9. The SMILES string of the molecule is C=CCN(CC=C)C(=O)c1ccc(Cl)c([N+](=O)[O-])c1. The predicted octanol–water partition coefficient (Wildman–Crippen LogP) is 3.06. The number of benzene rings is 1. The molecule has 0 heterocycles. The second kappa shape index (κ2) is 6.70. The Bertz CT molecular complexity index is 519. The molecule has 1 amide bonds. The van der Waals surface area contributed by atoms with Gasteiger partial charge in [0.15, 0.2) is 0 Å². The molecule has 0 atom stereocenters. The van der Waals surface area contributed by atoms with Crippen molar-refractivity contribution in [1.82, 2.24) is 4.90 Å². The lowest BCUT2D eigenvalue weighted by molar-refractivity contribution is -0.384. The normalized spacial score (nSPS) is 9.74. The summed E-state index contributed by atoms with van der Waals surface area (Å²) in [5.41, 5.74) is -0.0792. The number of hydrogen-bond donors (Lipinski definition) is 0. The van der Waals surface area contributed by atoms with E-state index in [1.165, 1.54) is 23.1 Å². The summed E-state index contributed by atoms with van der Waals surface area (Å²) in [4.78, 5) is 23.8. The molecule has 1 aromatic rings. The average molecular weight is 281 g/mol. The minimum atomic E-state index is -0.621. The van der Waals surface area contributed by atoms with Gasteiger partial charge < -0.3 is 4.90 Å². The van der Waals surface area contributed by atoms with Crippen molar-refractivity contribution in [1.29, 1.82) is 0 Å². The third-order valence-electron chi connectivity index (χ3n) is 2.38. The zero-order valence-electron chi connectivity index (χ0n) is 10.2. The zero-order chi connectivity index (χ0) is 14.4. The van der Waals surface area contributed by atoms with Crippen molar-refractivity contribution >= 4 is 23.2 Å². The van der Waals surface area contributed by atoms with Crippen LogP contribution in [0.3, 0.4) is 0 Å². The number of nitro benzene ring substituents is 1. The van der Waals surface area contributed by atoms with Crippen molar-refractivity contribution < 1.29 is 9.72 Å². The van der Waals surface area contributed by atoms with Gasteiger partial charge in [-0.2, -0.15) is 0 Å². The van der Waals surface area contributed by atoms with E-state index in [4.69, 9.17) is 11.6 Å². The molecule has 1 aromatic carbocycles. The maximum Gasteiger partial charge on any atom is 0.288 e. The van der Waals surface area contributed by atoms with E-state index in [2.05, 4.69) is 13.2 Å². The molecule has 6 heteroatoms. The molecule has 0 bridgehead atoms. The van der Waals surface area contributed by atoms with Crippen molar-refractivity contribution in [2.24, 2.45) is 0 Å². The lowest BCUT2D eigenvalue weighted by Crippen LogP contribution is -2.31. The summed E-state index contributed by atoms with van der Waals surface area (Å²) in [7, 11) is 0. The minimum absolute atomic E-state index is 0.000501. The van der Waals surface area contributed by atoms with Gasteiger partial charge in [0.1, 0.15) is 5.02 Å². The molecule has 0 radical (unpaired) electrons. The Morgan fingerprint density at radius 1 is 1.37 bits per heavy atom. The van der Waals surface area contributed by atoms with Crippen LogP contribution in [0.25, 0.3) is 0 Å². The van der Waals surface area contributed by atoms with Crippen molar-refractivity contribution in [3.63, 3.8) is 0 Å². The van der Waals surface area contributed by atoms with E-state index < -0.39 is 4.92 Å². The number of carbonyl (C=O) groups is 1. The molecule has 0 unspecified atom stereocenters. The molecule has 19 heavy (non-hydrogen) atoms. The Morgan fingerprint density at radius 3 is 2.42 bits per heavy atom. The molecular weight excluding hydrogens is 268 g/mol. The van der Waals surface area contributed by atoms with Gasteiger partial charge in [0, 0.05) is 24.7 Å². The van der Waals surface area contributed by atoms with Gasteiger partial charge in [0.05, 0.1) is 4.92 Å². The zero-order valence-corrected chi connectivity index (χ0v) is 11.0. The van der Waals surface area contributed by atoms with Crippen molar-refractivity contribution in [2.75, 3.05) is 13.1 Å². The quantitative estimate of drug-likeness (QED) is 0.457. The van der Waals surface area contributed by atoms with Gasteiger partial charge in [-0.3, -0.25) is 14.9 Å². The van der Waals surface area contributed by atoms with Crippen LogP contribution in [0.2, 0.25) is 5.02 Å². The first-order valence-electron chi connectivity index (χ1n) is 5.46. The first-order chi connectivity index (χ1) is 9.01. The molecule has 1 rings (SSSR count). The summed E-state index contributed by atoms with van der Waals surface area (Å²) in [6, 6.07) is 3.97. The number of hydrogen-bond acceptors (Lipinski definition) is 3. The number of nitro groups is 1. The maximum absolute atomic E-state index is 12.2. The van der Waals surface area contributed by atoms with Gasteiger partial charge in [-0.25, -0.2) is 0 Å². The van der Waals surface area contributed by atoms with E-state index in [0.717, 1.165) is 0 Å². The Labute approximate surface area is 115 Å². The van der Waals surface area contributed by atoms with Crippen LogP contribution in [0, 0.1) is 10.1 Å². The van der Waals surface area contributed by atoms with Crippen LogP contribution in [-0.4, -0.2) is 28.8 Å². The van der Waals surface area contributed by atoms with Gasteiger partial charge in [0.2, 0.25) is 0 Å². The van der Waals surface area contributed by atoms with Crippen LogP contribution in [0.4, 0.5) is 5.69 Å². The Morgan fingerprint density at radius 2 is 1.95 bits per heavy atom. The average Bonchev–Trinajstić information content (AvgIpc) is 2.38. The molecule has 100 valence electrons. The van der Waals surface area contributed by atoms with Crippen molar-refractivity contribution in [3.8, 4) is 0 Å². The van der Waals surface area contributed by atoms with Crippen molar-refractivity contribution in [2.45, 2.75) is 0 Å². The largest absolute Gasteiger partial charge is 0.331 e. The number of rotatable bonds is 6. The highest BCUT2D eigenvalue weighted by atomic mass is 35.5. The molecular formula is C13H13ClN2O3. The monoisotopic (exact) mass is 280 g/mol. The van der Waals surface area contributed by atoms with E-state index in [-0.39, 0.29) is 22.2 Å². The fourth-order valence-electron chi connectivity index (χ4n) is 1.52. The van der Waals surface area contributed by atoms with E-state index in [1.54, 1.807) is 12.2 Å². The van der Waals surface area contributed by atoms with Crippen molar-refractivity contribution in [3.05, 3.63) is 64.2 Å². The highest BCUT2D eigenvalue weighted by molar-refractivity contribution is 6.32. The summed E-state index contributed by atoms with van der Waals surface area (Å²) >= 11 is 5.70. The van der Waals surface area contributed by atoms with Gasteiger partial charge in [-0.15, -0.1) is 13.2 Å². The standard InChI is InChI=1S/C13H13ClN2O3/c1-3-7-15(8-4-2)13(17)10-5-6-11(14)12(9-10)16(18)19/h3-6,9H,1-2,7-8H2. The number of halogens is 1. The molecule has 0 saturated carbocycles. The molecule has 0 aromatic heterocycles. The van der Waals surface area contributed by atoms with E-state index in [1.807, 2.05) is 0 Å². The lowest BCUT2D eigenvalue weighted by Gasteiger charge is -2.19. The Kier molecular flexibility index (Phi) is 5.26. The van der Waals surface area contributed by atoms with Gasteiger partial charge in [0.25, 0.3) is 11.6 Å². The molecule has 0 N–H and O–H groups in total. The molecule has 0 fully saturated rings. The van der Waals surface area contributed by atoms with Crippen LogP contribution in [0.5, 0.6) is 0 Å². The van der Waals surface area contributed by atoms with E-state index in [0.29, 0.717) is 13.1 Å². The third-order valence-corrected chi connectivity index (χ3v) is 2.70. The summed E-state index contributed by atoms with van der Waals surface area (Å²) in [6.07, 6.45) is 3.15. The third kappa shape index (κ3) is 3.66. The second-order valence-corrected chi connectivity index (χ2v) is 4.12. The summed E-state index contributed by atoms with van der Waals surface area (Å²) < 4.78 is 0. The van der Waals surface area contributed by atoms with Crippen LogP contribution < -0.4 is 0 Å². The molecule has 0 aliphatic rings. The van der Waals surface area contributed by atoms with Crippen LogP contribution in [-0.2, 0) is 0 Å². The summed E-state index contributed by atoms with van der Waals surface area (Å²) in [6.45, 7) is 7.79. The molecule has 0 saturated heterocycles. The number of amides is 1. The van der Waals surface area contributed by atoms with E-state index >= 15 is 0 Å². The maximum atomic E-state index is 12.2. The van der Waals surface area contributed by atoms with Crippen LogP contribution in [0.1, 0.15) is 10.4 Å². The summed E-state index contributed by atoms with van der Waals surface area (Å²) in [5.74, 6) is -0.334. The predicted molar refractivity (Wildman–Crippen MR) is 74.4 cm³/mol. The Hall–Kier alpha value is -2.14. The van der Waals surface area contributed by atoms with E-state index in [9.17, 15) is 14.9 Å². The lowest BCUT2D eigenvalue weighted by atomic mass is 10.1. The Balaban J connectivity index is 3.10. The molecule has 0 aliphatic heterocycles. The highest BCUT2D eigenvalue weighted by Crippen LogP contribution is 2.25.